The summed E-state index contributed by atoms with van der Waals surface area (Å²) < 4.78 is 33.9. The number of hydrogen-bond donors (Lipinski definition) is 2. The first kappa shape index (κ1) is 19.3. The Morgan fingerprint density at radius 3 is 2.10 bits per heavy atom. The maximum absolute atomic E-state index is 11.6. The first-order valence-corrected chi connectivity index (χ1v) is 7.53. The Hall–Kier alpha value is -1.68. The van der Waals surface area contributed by atoms with E-state index < -0.39 is 51.7 Å². The van der Waals surface area contributed by atoms with E-state index in [1.807, 2.05) is 0 Å². The number of methoxy groups -OCH3 is 1. The normalized spacial score (nSPS) is 13.3. The summed E-state index contributed by atoms with van der Waals surface area (Å²) in [6.07, 6.45) is -0.701. The third-order valence-corrected chi connectivity index (χ3v) is 3.21. The molecule has 0 aromatic carbocycles. The van der Waals surface area contributed by atoms with E-state index in [1.165, 1.54) is 0 Å². The van der Waals surface area contributed by atoms with Crippen LogP contribution >= 0.6 is 0 Å². The minimum Gasteiger partial charge on any atom is -0.480 e. The fraction of sp³-hybridized carbons (Fsp3) is 0.727. The Morgan fingerprint density at radius 2 is 1.71 bits per heavy atom. The quantitative estimate of drug-likeness (QED) is 0.584. The van der Waals surface area contributed by atoms with Crippen molar-refractivity contribution in [3.63, 3.8) is 0 Å². The molecule has 21 heavy (non-hydrogen) atoms. The molecule has 0 radical (unpaired) electrons. The number of sulfonamides is 1. The van der Waals surface area contributed by atoms with Crippen LogP contribution in [0.4, 0.5) is 0 Å². The molecule has 0 amide bonds. The first-order chi connectivity index (χ1) is 9.36. The third-order valence-electron chi connectivity index (χ3n) is 1.95. The molecule has 1 atom stereocenters. The molecule has 0 aliphatic carbocycles. The molecule has 0 aliphatic heterocycles. The number of esters is 2. The zero-order valence-corrected chi connectivity index (χ0v) is 13.0. The number of ether oxygens (including phenoxy) is 2. The number of carboxylic acid groups (broad SMARTS) is 1. The van der Waals surface area contributed by atoms with Crippen molar-refractivity contribution >= 4 is 27.9 Å². The van der Waals surface area contributed by atoms with E-state index in [0.717, 1.165) is 7.11 Å². The molecular formula is C11H19NO8S. The van der Waals surface area contributed by atoms with Crippen molar-refractivity contribution in [1.29, 1.82) is 0 Å². The molecule has 0 spiro atoms. The second-order valence-corrected chi connectivity index (χ2v) is 6.89. The number of carbonyl (C=O) groups is 3. The van der Waals surface area contributed by atoms with E-state index in [2.05, 4.69) is 4.74 Å². The number of nitrogens with one attached hydrogen (secondary N) is 1. The molecule has 9 nitrogen and oxygen atoms in total. The molecule has 0 fully saturated rings. The zero-order valence-electron chi connectivity index (χ0n) is 12.2. The number of hydrogen-bond acceptors (Lipinski definition) is 7. The fourth-order valence-corrected chi connectivity index (χ4v) is 2.33. The molecule has 0 saturated heterocycles. The van der Waals surface area contributed by atoms with Crippen LogP contribution in [0.25, 0.3) is 0 Å². The highest BCUT2D eigenvalue weighted by molar-refractivity contribution is 7.90. The minimum absolute atomic E-state index is 0.701. The summed E-state index contributed by atoms with van der Waals surface area (Å²) in [7, 11) is -3.25. The average Bonchev–Trinajstić information content (AvgIpc) is 2.24. The Labute approximate surface area is 122 Å². The molecule has 0 saturated carbocycles. The second kappa shape index (κ2) is 7.36. The summed E-state index contributed by atoms with van der Waals surface area (Å²) in [6.45, 7) is 4.76. The van der Waals surface area contributed by atoms with Crippen LogP contribution in [-0.4, -0.2) is 55.9 Å². The van der Waals surface area contributed by atoms with Crippen LogP contribution in [0, 0.1) is 0 Å². The minimum atomic E-state index is -4.24. The van der Waals surface area contributed by atoms with Gasteiger partial charge in [0.25, 0.3) is 0 Å². The lowest BCUT2D eigenvalue weighted by Gasteiger charge is -2.21. The van der Waals surface area contributed by atoms with Gasteiger partial charge in [-0.2, -0.15) is 4.72 Å². The van der Waals surface area contributed by atoms with Crippen molar-refractivity contribution in [2.24, 2.45) is 0 Å². The summed E-state index contributed by atoms with van der Waals surface area (Å²) >= 11 is 0. The fourth-order valence-electron chi connectivity index (χ4n) is 1.20. The van der Waals surface area contributed by atoms with Crippen LogP contribution in [0.15, 0.2) is 0 Å². The van der Waals surface area contributed by atoms with Gasteiger partial charge in [-0.05, 0) is 20.8 Å². The molecule has 122 valence electrons. The summed E-state index contributed by atoms with van der Waals surface area (Å²) in [6, 6.07) is -1.73. The lowest BCUT2D eigenvalue weighted by atomic mass is 10.2. The molecule has 0 aromatic heterocycles. The molecular weight excluding hydrogens is 306 g/mol. The highest BCUT2D eigenvalue weighted by atomic mass is 32.2. The molecule has 0 unspecified atom stereocenters. The van der Waals surface area contributed by atoms with Gasteiger partial charge in [-0.15, -0.1) is 0 Å². The summed E-state index contributed by atoms with van der Waals surface area (Å²) in [5.74, 6) is -4.53. The van der Waals surface area contributed by atoms with Gasteiger partial charge in [0.1, 0.15) is 11.6 Å². The largest absolute Gasteiger partial charge is 0.480 e. The Balaban J connectivity index is 4.82. The number of aliphatic carboxylic acids is 1. The van der Waals surface area contributed by atoms with Crippen LogP contribution in [0.2, 0.25) is 0 Å². The van der Waals surface area contributed by atoms with Crippen molar-refractivity contribution in [2.45, 2.75) is 38.8 Å². The van der Waals surface area contributed by atoms with Crippen LogP contribution in [0.5, 0.6) is 0 Å². The van der Waals surface area contributed by atoms with Crippen LogP contribution in [0.3, 0.4) is 0 Å². The van der Waals surface area contributed by atoms with Gasteiger partial charge >= 0.3 is 17.9 Å². The van der Waals surface area contributed by atoms with Crippen LogP contribution in [0.1, 0.15) is 27.2 Å². The highest BCUT2D eigenvalue weighted by Gasteiger charge is 2.30. The summed E-state index contributed by atoms with van der Waals surface area (Å²) in [4.78, 5) is 33.4. The van der Waals surface area contributed by atoms with E-state index in [4.69, 9.17) is 9.84 Å². The monoisotopic (exact) mass is 325 g/mol. The van der Waals surface area contributed by atoms with Crippen molar-refractivity contribution < 1.29 is 37.4 Å². The van der Waals surface area contributed by atoms with Gasteiger partial charge in [-0.1, -0.05) is 0 Å². The first-order valence-electron chi connectivity index (χ1n) is 5.88. The van der Waals surface area contributed by atoms with Crippen molar-refractivity contribution in [2.75, 3.05) is 12.9 Å². The third kappa shape index (κ3) is 8.97. The molecule has 0 rings (SSSR count). The summed E-state index contributed by atoms with van der Waals surface area (Å²) in [5.41, 5.74) is -0.828. The topological polar surface area (TPSA) is 136 Å². The van der Waals surface area contributed by atoms with Gasteiger partial charge in [0.2, 0.25) is 10.0 Å². The summed E-state index contributed by atoms with van der Waals surface area (Å²) in [5, 5.41) is 8.92. The number of carbonyl (C=O) groups excluding carboxylic acids is 2. The van der Waals surface area contributed by atoms with Crippen molar-refractivity contribution in [3.8, 4) is 0 Å². The van der Waals surface area contributed by atoms with Crippen LogP contribution < -0.4 is 4.72 Å². The van der Waals surface area contributed by atoms with Crippen molar-refractivity contribution in [3.05, 3.63) is 0 Å². The van der Waals surface area contributed by atoms with Gasteiger partial charge in [-0.3, -0.25) is 14.4 Å². The highest BCUT2D eigenvalue weighted by Crippen LogP contribution is 2.10. The predicted octanol–water partition coefficient (Wildman–Crippen LogP) is -0.736. The van der Waals surface area contributed by atoms with Gasteiger partial charge in [0.05, 0.1) is 13.5 Å². The zero-order chi connectivity index (χ0) is 16.8. The van der Waals surface area contributed by atoms with E-state index in [0.29, 0.717) is 0 Å². The van der Waals surface area contributed by atoms with E-state index >= 15 is 0 Å². The predicted molar refractivity (Wildman–Crippen MR) is 70.8 cm³/mol. The molecule has 0 bridgehead atoms. The second-order valence-electron chi connectivity index (χ2n) is 5.13. The smallest absolute Gasteiger partial charge is 0.322 e. The van der Waals surface area contributed by atoms with Crippen molar-refractivity contribution in [1.82, 2.24) is 4.72 Å². The van der Waals surface area contributed by atoms with E-state index in [9.17, 15) is 22.8 Å². The Morgan fingerprint density at radius 1 is 1.19 bits per heavy atom. The van der Waals surface area contributed by atoms with Gasteiger partial charge in [-0.25, -0.2) is 8.42 Å². The van der Waals surface area contributed by atoms with E-state index in [-0.39, 0.29) is 0 Å². The lowest BCUT2D eigenvalue weighted by Crippen LogP contribution is -2.45. The standard InChI is InChI=1S/C11H19NO8S/c1-11(2,3)20-8(13)5-7(10(15)16)12-21(17,18)6-9(14)19-4/h7,12H,5-6H2,1-4H3,(H,15,16)/t7-/m0/s1. The molecule has 0 heterocycles. The van der Waals surface area contributed by atoms with Gasteiger partial charge in [0.15, 0.2) is 5.75 Å². The van der Waals surface area contributed by atoms with Crippen LogP contribution in [-0.2, 0) is 33.9 Å². The maximum Gasteiger partial charge on any atom is 0.322 e. The molecule has 10 heteroatoms. The molecule has 2 N–H and O–H groups in total. The van der Waals surface area contributed by atoms with Gasteiger partial charge < -0.3 is 14.6 Å². The lowest BCUT2D eigenvalue weighted by molar-refractivity contribution is -0.158. The number of carboxylic acids is 1. The van der Waals surface area contributed by atoms with E-state index in [1.54, 1.807) is 25.5 Å². The average molecular weight is 325 g/mol. The SMILES string of the molecule is COC(=O)CS(=O)(=O)N[C@@H](CC(=O)OC(C)(C)C)C(=O)O. The van der Waals surface area contributed by atoms with Gasteiger partial charge in [0, 0.05) is 0 Å². The Bertz CT molecular complexity index is 505. The maximum atomic E-state index is 11.6. The number of rotatable bonds is 7. The Kier molecular flexibility index (Phi) is 6.77. The molecule has 0 aromatic rings. The molecule has 0 aliphatic rings.